The fourth-order valence-electron chi connectivity index (χ4n) is 2.92. The van der Waals surface area contributed by atoms with E-state index in [0.29, 0.717) is 5.82 Å². The third-order valence-corrected chi connectivity index (χ3v) is 4.39. The van der Waals surface area contributed by atoms with Gasteiger partial charge in [-0.05, 0) is 24.9 Å². The molecule has 0 saturated carbocycles. The van der Waals surface area contributed by atoms with Crippen LogP contribution in [0.25, 0.3) is 0 Å². The Morgan fingerprint density at radius 3 is 2.50 bits per heavy atom. The molecule has 0 bridgehead atoms. The monoisotopic (exact) mass is 359 g/mol. The number of carbonyl (C=O) groups is 1. The zero-order chi connectivity index (χ0) is 19.2. The van der Waals surface area contributed by atoms with E-state index in [1.54, 1.807) is 6.07 Å². The van der Waals surface area contributed by atoms with E-state index in [-0.39, 0.29) is 11.5 Å². The molecule has 2 aromatic rings. The van der Waals surface area contributed by atoms with Gasteiger partial charge in [-0.3, -0.25) is 9.69 Å². The quantitative estimate of drug-likeness (QED) is 0.868. The molecule has 6 nitrogen and oxygen atoms in total. The number of carboxylic acid groups (broad SMARTS) is 1. The molecule has 142 valence electrons. The second kappa shape index (κ2) is 8.85. The lowest BCUT2D eigenvalue weighted by Gasteiger charge is -2.32. The van der Waals surface area contributed by atoms with Crippen LogP contribution in [-0.4, -0.2) is 33.7 Å². The number of piperidine rings is 1. The molecule has 0 amide bonds. The smallest absolute Gasteiger partial charge is 0.320 e. The Balaban J connectivity index is 0.000000209. The Morgan fingerprint density at radius 2 is 2.00 bits per heavy atom. The molecule has 1 aromatic heterocycles. The van der Waals surface area contributed by atoms with Crippen molar-refractivity contribution in [2.24, 2.45) is 0 Å². The number of benzene rings is 1. The molecule has 1 aliphatic heterocycles. The summed E-state index contributed by atoms with van der Waals surface area (Å²) in [6, 6.07) is 11.5. The first-order valence-corrected chi connectivity index (χ1v) is 9.01. The SMILES string of the molecule is CC(C)(C)c1cc(N)no1.O=C(O)[C@@H]1CCCCN1Cc1ccccc1. The molecule has 0 spiro atoms. The summed E-state index contributed by atoms with van der Waals surface area (Å²) in [6.07, 6.45) is 2.92. The van der Waals surface area contributed by atoms with Gasteiger partial charge in [0.2, 0.25) is 0 Å². The average molecular weight is 359 g/mol. The molecule has 1 aliphatic rings. The van der Waals surface area contributed by atoms with E-state index >= 15 is 0 Å². The number of hydrogen-bond donors (Lipinski definition) is 2. The van der Waals surface area contributed by atoms with Gasteiger partial charge in [0.15, 0.2) is 5.82 Å². The van der Waals surface area contributed by atoms with Gasteiger partial charge in [0.25, 0.3) is 0 Å². The third kappa shape index (κ3) is 5.88. The van der Waals surface area contributed by atoms with Crippen molar-refractivity contribution in [3.8, 4) is 0 Å². The molecule has 1 atom stereocenters. The molecule has 1 saturated heterocycles. The molecule has 0 unspecified atom stereocenters. The van der Waals surface area contributed by atoms with Gasteiger partial charge in [-0.2, -0.15) is 0 Å². The number of nitrogen functional groups attached to an aromatic ring is 1. The minimum absolute atomic E-state index is 0.00458. The second-order valence-corrected chi connectivity index (χ2v) is 7.67. The summed E-state index contributed by atoms with van der Waals surface area (Å²) in [6.45, 7) is 7.79. The van der Waals surface area contributed by atoms with Crippen molar-refractivity contribution < 1.29 is 14.4 Å². The number of anilines is 1. The third-order valence-electron chi connectivity index (χ3n) is 4.39. The number of likely N-dealkylation sites (tertiary alicyclic amines) is 1. The van der Waals surface area contributed by atoms with E-state index in [0.717, 1.165) is 38.1 Å². The van der Waals surface area contributed by atoms with Gasteiger partial charge in [0.1, 0.15) is 11.8 Å². The molecule has 3 rings (SSSR count). The van der Waals surface area contributed by atoms with Crippen LogP contribution in [0.15, 0.2) is 40.9 Å². The number of nitrogens with zero attached hydrogens (tertiary/aromatic N) is 2. The van der Waals surface area contributed by atoms with E-state index in [4.69, 9.17) is 15.4 Å². The van der Waals surface area contributed by atoms with Crippen LogP contribution >= 0.6 is 0 Å². The minimum Gasteiger partial charge on any atom is -0.480 e. The summed E-state index contributed by atoms with van der Waals surface area (Å²) in [5.74, 6) is 0.588. The predicted molar refractivity (Wildman–Crippen MR) is 102 cm³/mol. The Hall–Kier alpha value is -2.34. The van der Waals surface area contributed by atoms with E-state index < -0.39 is 5.97 Å². The van der Waals surface area contributed by atoms with Crippen LogP contribution in [0.2, 0.25) is 0 Å². The maximum Gasteiger partial charge on any atom is 0.320 e. The van der Waals surface area contributed by atoms with Gasteiger partial charge < -0.3 is 15.4 Å². The number of rotatable bonds is 3. The number of hydrogen-bond acceptors (Lipinski definition) is 5. The topological polar surface area (TPSA) is 92.6 Å². The van der Waals surface area contributed by atoms with Gasteiger partial charge in [0, 0.05) is 18.0 Å². The summed E-state index contributed by atoms with van der Waals surface area (Å²) in [5, 5.41) is 12.7. The van der Waals surface area contributed by atoms with Crippen molar-refractivity contribution in [3.63, 3.8) is 0 Å². The molecule has 2 heterocycles. The molecular weight excluding hydrogens is 330 g/mol. The first kappa shape index (κ1) is 20.0. The lowest BCUT2D eigenvalue weighted by Crippen LogP contribution is -2.43. The lowest BCUT2D eigenvalue weighted by molar-refractivity contribution is -0.144. The molecule has 6 heteroatoms. The van der Waals surface area contributed by atoms with Crippen LogP contribution in [0.4, 0.5) is 5.82 Å². The van der Waals surface area contributed by atoms with Gasteiger partial charge in [0.05, 0.1) is 0 Å². The molecule has 0 aliphatic carbocycles. The molecular formula is C20H29N3O3. The van der Waals surface area contributed by atoms with Crippen LogP contribution < -0.4 is 5.73 Å². The van der Waals surface area contributed by atoms with Crippen LogP contribution in [0.5, 0.6) is 0 Å². The summed E-state index contributed by atoms with van der Waals surface area (Å²) < 4.78 is 4.95. The highest BCUT2D eigenvalue weighted by Crippen LogP contribution is 2.23. The van der Waals surface area contributed by atoms with Gasteiger partial charge >= 0.3 is 5.97 Å². The van der Waals surface area contributed by atoms with E-state index in [9.17, 15) is 4.79 Å². The van der Waals surface area contributed by atoms with Gasteiger partial charge in [-0.1, -0.05) is 62.7 Å². The van der Waals surface area contributed by atoms with Crippen LogP contribution in [-0.2, 0) is 16.8 Å². The van der Waals surface area contributed by atoms with Crippen LogP contribution in [0.3, 0.4) is 0 Å². The number of aliphatic carboxylic acids is 1. The average Bonchev–Trinajstić information content (AvgIpc) is 3.04. The highest BCUT2D eigenvalue weighted by atomic mass is 16.5. The zero-order valence-electron chi connectivity index (χ0n) is 15.8. The van der Waals surface area contributed by atoms with E-state index in [2.05, 4.69) is 10.1 Å². The van der Waals surface area contributed by atoms with Crippen molar-refractivity contribution in [2.75, 3.05) is 12.3 Å². The zero-order valence-corrected chi connectivity index (χ0v) is 15.8. The number of aromatic nitrogens is 1. The number of nitrogens with two attached hydrogens (primary N) is 1. The largest absolute Gasteiger partial charge is 0.480 e. The summed E-state index contributed by atoms with van der Waals surface area (Å²) >= 11 is 0. The lowest BCUT2D eigenvalue weighted by atomic mass is 9.93. The van der Waals surface area contributed by atoms with Crippen molar-refractivity contribution in [2.45, 2.75) is 58.0 Å². The maximum atomic E-state index is 11.1. The van der Waals surface area contributed by atoms with Crippen molar-refractivity contribution in [1.82, 2.24) is 10.1 Å². The predicted octanol–water partition coefficient (Wildman–Crippen LogP) is 3.68. The Kier molecular flexibility index (Phi) is 6.80. The fraction of sp³-hybridized carbons (Fsp3) is 0.500. The summed E-state index contributed by atoms with van der Waals surface area (Å²) in [7, 11) is 0. The van der Waals surface area contributed by atoms with Crippen LogP contribution in [0.1, 0.15) is 51.4 Å². The first-order chi connectivity index (χ1) is 12.3. The van der Waals surface area contributed by atoms with E-state index in [1.165, 1.54) is 5.56 Å². The molecule has 3 N–H and O–H groups in total. The Morgan fingerprint density at radius 1 is 1.31 bits per heavy atom. The molecule has 0 radical (unpaired) electrons. The maximum absolute atomic E-state index is 11.1. The van der Waals surface area contributed by atoms with Crippen LogP contribution in [0, 0.1) is 0 Å². The fourth-order valence-corrected chi connectivity index (χ4v) is 2.92. The van der Waals surface area contributed by atoms with Crippen molar-refractivity contribution in [1.29, 1.82) is 0 Å². The normalized spacial score (nSPS) is 18.0. The molecule has 1 fully saturated rings. The standard InChI is InChI=1S/C13H17NO2.C7H12N2O/c15-13(16)12-8-4-5-9-14(12)10-11-6-2-1-3-7-11;1-7(2,3)5-4-6(8)9-10-5/h1-3,6-7,12H,4-5,8-10H2,(H,15,16);4H,1-3H3,(H2,8,9)/t12-;/m0./s1. The van der Waals surface area contributed by atoms with E-state index in [1.807, 2.05) is 51.1 Å². The second-order valence-electron chi connectivity index (χ2n) is 7.67. The Labute approximate surface area is 155 Å². The minimum atomic E-state index is -0.685. The van der Waals surface area contributed by atoms with Gasteiger partial charge in [-0.25, -0.2) is 0 Å². The molecule has 26 heavy (non-hydrogen) atoms. The summed E-state index contributed by atoms with van der Waals surface area (Å²) in [5.41, 5.74) is 6.57. The summed E-state index contributed by atoms with van der Waals surface area (Å²) in [4.78, 5) is 13.2. The highest BCUT2D eigenvalue weighted by molar-refractivity contribution is 5.73. The number of carboxylic acids is 1. The Bertz CT molecular complexity index is 692. The van der Waals surface area contributed by atoms with Crippen molar-refractivity contribution in [3.05, 3.63) is 47.7 Å². The highest BCUT2D eigenvalue weighted by Gasteiger charge is 2.28. The molecule has 1 aromatic carbocycles. The van der Waals surface area contributed by atoms with Crippen molar-refractivity contribution >= 4 is 11.8 Å². The van der Waals surface area contributed by atoms with Gasteiger partial charge in [-0.15, -0.1) is 0 Å². The first-order valence-electron chi connectivity index (χ1n) is 9.01.